The molecule has 0 aromatic carbocycles. The van der Waals surface area contributed by atoms with Gasteiger partial charge in [-0.05, 0) is 12.8 Å². The van der Waals surface area contributed by atoms with Gasteiger partial charge in [0.2, 0.25) is 0 Å². The second kappa shape index (κ2) is 26.6. The van der Waals surface area contributed by atoms with Crippen molar-refractivity contribution in [1.29, 1.82) is 0 Å². The predicted octanol–water partition coefficient (Wildman–Crippen LogP) is 4.38. The average Bonchev–Trinajstić information content (AvgIpc) is 2.71. The fraction of sp³-hybridized carbons (Fsp3) is 0.591. The van der Waals surface area contributed by atoms with Crippen molar-refractivity contribution in [3.05, 3.63) is 38.0 Å². The van der Waals surface area contributed by atoms with Crippen molar-refractivity contribution in [2.75, 3.05) is 0 Å². The van der Waals surface area contributed by atoms with E-state index in [9.17, 15) is 24.6 Å². The van der Waals surface area contributed by atoms with E-state index in [-0.39, 0.29) is 0 Å². The summed E-state index contributed by atoms with van der Waals surface area (Å²) < 4.78 is 0. The fourth-order valence-corrected chi connectivity index (χ4v) is 1.72. The number of carboxylic acid groups (broad SMARTS) is 3. The van der Waals surface area contributed by atoms with Gasteiger partial charge in [0.1, 0.15) is 0 Å². The van der Waals surface area contributed by atoms with Crippen molar-refractivity contribution in [2.45, 2.75) is 83.8 Å². The van der Waals surface area contributed by atoms with Crippen LogP contribution in [0.4, 0.5) is 0 Å². The van der Waals surface area contributed by atoms with Gasteiger partial charge in [0.05, 0.1) is 0 Å². The first-order chi connectivity index (χ1) is 13.9. The van der Waals surface area contributed by atoms with Crippen LogP contribution in [0.25, 0.3) is 0 Å². The summed E-state index contributed by atoms with van der Waals surface area (Å²) in [6, 6.07) is 0. The third-order valence-electron chi connectivity index (χ3n) is 3.52. The van der Waals surface area contributed by atoms with Crippen LogP contribution < -0.4 is 0 Å². The molecule has 0 aromatic heterocycles. The second-order valence-electron chi connectivity index (χ2n) is 6.19. The Hall–Kier alpha value is -2.45. The van der Waals surface area contributed by atoms with Gasteiger partial charge < -0.3 is 25.5 Å². The summed E-state index contributed by atoms with van der Waals surface area (Å²) in [7, 11) is 0. The van der Waals surface area contributed by atoms with Crippen LogP contribution >= 0.6 is 0 Å². The highest BCUT2D eigenvalue weighted by atomic mass is 16.5. The number of carboxylic acids is 3. The summed E-state index contributed by atoms with van der Waals surface area (Å²) in [5.74, 6) is -4.36. The minimum absolute atomic E-state index is 0.434. The molecule has 0 amide bonds. The van der Waals surface area contributed by atoms with Crippen LogP contribution in [0.15, 0.2) is 38.0 Å². The summed E-state index contributed by atoms with van der Waals surface area (Å²) in [5, 5.41) is 41.5. The van der Waals surface area contributed by atoms with Gasteiger partial charge in [-0.25, -0.2) is 14.4 Å². The third kappa shape index (κ3) is 50.0. The van der Waals surface area contributed by atoms with Crippen molar-refractivity contribution in [3.63, 3.8) is 0 Å². The lowest BCUT2D eigenvalue weighted by Crippen LogP contribution is -2.26. The normalized spacial score (nSPS) is 9.20. The van der Waals surface area contributed by atoms with E-state index in [0.717, 1.165) is 31.1 Å². The highest BCUT2D eigenvalue weighted by molar-refractivity contribution is 5.79. The summed E-state index contributed by atoms with van der Waals surface area (Å²) in [5.41, 5.74) is 0. The summed E-state index contributed by atoms with van der Waals surface area (Å²) in [6.07, 6.45) is 13.4. The Labute approximate surface area is 180 Å². The molecule has 0 atom stereocenters. The van der Waals surface area contributed by atoms with E-state index in [4.69, 9.17) is 15.3 Å². The van der Waals surface area contributed by atoms with Crippen molar-refractivity contribution in [2.24, 2.45) is 0 Å². The standard InChI is InChI=1S/C13H28O2.3C3H4O2/c1-3-5-6-7-8-9-10-11-12-13(14,15)4-2;3*1-2-3(4)5/h14-15H,3-12H2,1-2H3;3*2H,1H2,(H,4,5). The maximum atomic E-state index is 9.35. The lowest BCUT2D eigenvalue weighted by Gasteiger charge is -2.19. The molecule has 0 spiro atoms. The Balaban J connectivity index is -0.000000184. The molecular weight excluding hydrogens is 392 g/mol. The van der Waals surface area contributed by atoms with Crippen LogP contribution in [-0.4, -0.2) is 49.2 Å². The van der Waals surface area contributed by atoms with Crippen molar-refractivity contribution in [1.82, 2.24) is 0 Å². The van der Waals surface area contributed by atoms with Crippen LogP contribution in [-0.2, 0) is 14.4 Å². The predicted molar refractivity (Wildman–Crippen MR) is 118 cm³/mol. The van der Waals surface area contributed by atoms with Crippen LogP contribution in [0.5, 0.6) is 0 Å². The Kier molecular flexibility index (Phi) is 31.0. The van der Waals surface area contributed by atoms with Crippen molar-refractivity contribution < 1.29 is 39.9 Å². The Bertz CT molecular complexity index is 427. The molecule has 30 heavy (non-hydrogen) atoms. The van der Waals surface area contributed by atoms with Gasteiger partial charge in [-0.3, -0.25) is 0 Å². The second-order valence-corrected chi connectivity index (χ2v) is 6.19. The van der Waals surface area contributed by atoms with E-state index >= 15 is 0 Å². The van der Waals surface area contributed by atoms with Gasteiger partial charge in [-0.15, -0.1) is 0 Å². The Morgan fingerprint density at radius 2 is 0.933 bits per heavy atom. The molecule has 0 aliphatic heterocycles. The lowest BCUT2D eigenvalue weighted by atomic mass is 10.0. The molecule has 8 nitrogen and oxygen atoms in total. The number of aliphatic hydroxyl groups is 2. The van der Waals surface area contributed by atoms with Gasteiger partial charge in [-0.1, -0.05) is 78.5 Å². The molecule has 5 N–H and O–H groups in total. The quantitative estimate of drug-likeness (QED) is 0.163. The summed E-state index contributed by atoms with van der Waals surface area (Å²) in [4.78, 5) is 27.8. The molecule has 0 rings (SSSR count). The lowest BCUT2D eigenvalue weighted by molar-refractivity contribution is -0.168. The number of hydrogen-bond acceptors (Lipinski definition) is 5. The van der Waals surface area contributed by atoms with E-state index in [2.05, 4.69) is 26.7 Å². The van der Waals surface area contributed by atoms with Gasteiger partial charge in [0.25, 0.3) is 0 Å². The number of carbonyl (C=O) groups is 3. The van der Waals surface area contributed by atoms with E-state index < -0.39 is 23.7 Å². The van der Waals surface area contributed by atoms with Crippen LogP contribution in [0.3, 0.4) is 0 Å². The molecule has 0 radical (unpaired) electrons. The topological polar surface area (TPSA) is 152 Å². The van der Waals surface area contributed by atoms with Crippen LogP contribution in [0.2, 0.25) is 0 Å². The van der Waals surface area contributed by atoms with Gasteiger partial charge in [-0.2, -0.15) is 0 Å². The zero-order valence-electron chi connectivity index (χ0n) is 18.4. The molecular formula is C22H40O8. The summed E-state index contributed by atoms with van der Waals surface area (Å²) >= 11 is 0. The molecule has 0 aliphatic carbocycles. The maximum absolute atomic E-state index is 9.35. The van der Waals surface area contributed by atoms with E-state index in [1.54, 1.807) is 0 Å². The largest absolute Gasteiger partial charge is 0.478 e. The number of rotatable bonds is 13. The zero-order chi connectivity index (χ0) is 24.4. The first kappa shape index (κ1) is 35.0. The van der Waals surface area contributed by atoms with E-state index in [1.165, 1.54) is 38.5 Å². The highest BCUT2D eigenvalue weighted by Gasteiger charge is 2.18. The molecule has 0 aromatic rings. The van der Waals surface area contributed by atoms with Gasteiger partial charge >= 0.3 is 17.9 Å². The minimum atomic E-state index is -1.41. The fourth-order valence-electron chi connectivity index (χ4n) is 1.72. The third-order valence-corrected chi connectivity index (χ3v) is 3.52. The maximum Gasteiger partial charge on any atom is 0.327 e. The van der Waals surface area contributed by atoms with Gasteiger partial charge in [0, 0.05) is 24.6 Å². The molecule has 0 fully saturated rings. The molecule has 0 heterocycles. The first-order valence-electron chi connectivity index (χ1n) is 9.94. The molecule has 0 aliphatic rings. The molecule has 176 valence electrons. The number of unbranched alkanes of at least 4 members (excludes halogenated alkanes) is 7. The number of hydrogen-bond donors (Lipinski definition) is 5. The smallest absolute Gasteiger partial charge is 0.327 e. The van der Waals surface area contributed by atoms with E-state index in [0.29, 0.717) is 12.8 Å². The van der Waals surface area contributed by atoms with Crippen molar-refractivity contribution >= 4 is 17.9 Å². The number of aliphatic carboxylic acids is 3. The SMILES string of the molecule is C=CC(=O)O.C=CC(=O)O.C=CC(=O)O.CCCCCCCCCCC(O)(O)CC. The van der Waals surface area contributed by atoms with Gasteiger partial charge in [0.15, 0.2) is 5.79 Å². The zero-order valence-corrected chi connectivity index (χ0v) is 18.4. The Morgan fingerprint density at radius 1 is 0.667 bits per heavy atom. The Morgan fingerprint density at radius 3 is 1.17 bits per heavy atom. The molecule has 0 bridgehead atoms. The first-order valence-corrected chi connectivity index (χ1v) is 9.94. The molecule has 0 unspecified atom stereocenters. The highest BCUT2D eigenvalue weighted by Crippen LogP contribution is 2.16. The molecule has 8 heteroatoms. The van der Waals surface area contributed by atoms with Crippen LogP contribution in [0.1, 0.15) is 78.1 Å². The molecule has 0 saturated heterocycles. The monoisotopic (exact) mass is 432 g/mol. The van der Waals surface area contributed by atoms with E-state index in [1.807, 2.05) is 6.92 Å². The summed E-state index contributed by atoms with van der Waals surface area (Å²) in [6.45, 7) is 12.9. The average molecular weight is 433 g/mol. The molecule has 0 saturated carbocycles. The minimum Gasteiger partial charge on any atom is -0.478 e. The van der Waals surface area contributed by atoms with Crippen molar-refractivity contribution in [3.8, 4) is 0 Å². The van der Waals surface area contributed by atoms with Crippen LogP contribution in [0, 0.1) is 0 Å².